The van der Waals surface area contributed by atoms with Gasteiger partial charge in [0.15, 0.2) is 0 Å². The van der Waals surface area contributed by atoms with Crippen LogP contribution in [0.4, 0.5) is 11.4 Å². The van der Waals surface area contributed by atoms with Crippen molar-refractivity contribution in [3.05, 3.63) is 84.4 Å². The number of hydrogen-bond donors (Lipinski definition) is 1. The van der Waals surface area contributed by atoms with E-state index in [1.165, 1.54) is 26.7 Å². The second-order valence-electron chi connectivity index (χ2n) is 8.36. The molecule has 31 heavy (non-hydrogen) atoms. The fraction of sp³-hybridized carbons (Fsp3) is 0.308. The second kappa shape index (κ2) is 9.45. The van der Waals surface area contributed by atoms with Crippen molar-refractivity contribution in [3.63, 3.8) is 0 Å². The van der Waals surface area contributed by atoms with Crippen LogP contribution >= 0.6 is 11.8 Å². The minimum Gasteiger partial charge on any atom is -0.390 e. The average Bonchev–Trinajstić information content (AvgIpc) is 2.81. The van der Waals surface area contributed by atoms with Gasteiger partial charge in [-0.1, -0.05) is 66.4 Å². The molecule has 1 saturated heterocycles. The Balaban J connectivity index is 1.20. The van der Waals surface area contributed by atoms with E-state index in [0.29, 0.717) is 13.1 Å². The van der Waals surface area contributed by atoms with Crippen LogP contribution in [-0.4, -0.2) is 60.3 Å². The van der Waals surface area contributed by atoms with Gasteiger partial charge in [0, 0.05) is 49.1 Å². The van der Waals surface area contributed by atoms with Gasteiger partial charge < -0.3 is 10.0 Å². The number of β-amino-alcohol motifs (C(OH)–C–C–N with tert-alkyl or cyclic N) is 1. The molecular weight excluding hydrogens is 402 g/mol. The van der Waals surface area contributed by atoms with Crippen molar-refractivity contribution in [2.24, 2.45) is 0 Å². The van der Waals surface area contributed by atoms with E-state index < -0.39 is 6.10 Å². The zero-order valence-electron chi connectivity index (χ0n) is 17.7. The number of aliphatic hydroxyl groups excluding tert-OH is 1. The van der Waals surface area contributed by atoms with Crippen LogP contribution in [0, 0.1) is 0 Å². The maximum atomic E-state index is 11.0. The number of anilines is 2. The van der Waals surface area contributed by atoms with Crippen LogP contribution in [0.5, 0.6) is 0 Å². The van der Waals surface area contributed by atoms with Gasteiger partial charge in [-0.3, -0.25) is 9.80 Å². The Morgan fingerprint density at radius 1 is 0.677 bits per heavy atom. The van der Waals surface area contributed by atoms with E-state index in [2.05, 4.69) is 93.6 Å². The summed E-state index contributed by atoms with van der Waals surface area (Å²) in [5.74, 6) is 0. The highest BCUT2D eigenvalue weighted by Gasteiger charge is 2.26. The third-order valence-electron chi connectivity index (χ3n) is 6.11. The van der Waals surface area contributed by atoms with Gasteiger partial charge in [0.25, 0.3) is 0 Å². The van der Waals surface area contributed by atoms with Gasteiger partial charge >= 0.3 is 0 Å². The van der Waals surface area contributed by atoms with Gasteiger partial charge in [-0.25, -0.2) is 0 Å². The summed E-state index contributed by atoms with van der Waals surface area (Å²) in [7, 11) is 0. The summed E-state index contributed by atoms with van der Waals surface area (Å²) in [6.45, 7) is 6.45. The van der Waals surface area contributed by atoms with Crippen molar-refractivity contribution in [1.82, 2.24) is 9.80 Å². The fourth-order valence-corrected chi connectivity index (χ4v) is 5.61. The predicted molar refractivity (Wildman–Crippen MR) is 128 cm³/mol. The third kappa shape index (κ3) is 4.80. The van der Waals surface area contributed by atoms with Gasteiger partial charge in [0.1, 0.15) is 0 Å². The van der Waals surface area contributed by atoms with E-state index in [9.17, 15) is 5.11 Å². The molecule has 2 aliphatic rings. The lowest BCUT2D eigenvalue weighted by atomic mass is 10.1. The van der Waals surface area contributed by atoms with Crippen LogP contribution in [-0.2, 0) is 6.54 Å². The van der Waals surface area contributed by atoms with Crippen LogP contribution in [0.15, 0.2) is 88.7 Å². The lowest BCUT2D eigenvalue weighted by molar-refractivity contribution is 0.0738. The Morgan fingerprint density at radius 3 is 1.87 bits per heavy atom. The molecule has 0 saturated carbocycles. The van der Waals surface area contributed by atoms with Crippen molar-refractivity contribution in [3.8, 4) is 0 Å². The van der Waals surface area contributed by atoms with E-state index in [1.807, 2.05) is 11.8 Å². The Labute approximate surface area is 189 Å². The molecule has 3 aromatic rings. The highest BCUT2D eigenvalue weighted by atomic mass is 32.2. The molecule has 0 radical (unpaired) electrons. The first kappa shape index (κ1) is 20.6. The topological polar surface area (TPSA) is 30.0 Å². The molecule has 0 amide bonds. The summed E-state index contributed by atoms with van der Waals surface area (Å²) in [6, 6.07) is 27.7. The first-order valence-corrected chi connectivity index (χ1v) is 11.9. The second-order valence-corrected chi connectivity index (χ2v) is 9.45. The molecule has 0 bridgehead atoms. The van der Waals surface area contributed by atoms with Crippen LogP contribution in [0.3, 0.4) is 0 Å². The summed E-state index contributed by atoms with van der Waals surface area (Å²) < 4.78 is 0. The van der Waals surface area contributed by atoms with Crippen LogP contribution in [0.25, 0.3) is 0 Å². The number of fused-ring (bicyclic) bond motifs is 2. The van der Waals surface area contributed by atoms with E-state index in [-0.39, 0.29) is 0 Å². The van der Waals surface area contributed by atoms with Crippen molar-refractivity contribution in [2.75, 3.05) is 44.2 Å². The first-order chi connectivity index (χ1) is 15.3. The van der Waals surface area contributed by atoms with E-state index >= 15 is 0 Å². The molecule has 1 N–H and O–H groups in total. The van der Waals surface area contributed by atoms with Gasteiger partial charge in [-0.2, -0.15) is 0 Å². The molecule has 1 atom stereocenters. The third-order valence-corrected chi connectivity index (χ3v) is 7.24. The molecule has 0 spiro atoms. The van der Waals surface area contributed by atoms with Crippen molar-refractivity contribution in [2.45, 2.75) is 22.4 Å². The Kier molecular flexibility index (Phi) is 6.27. The Hall–Kier alpha value is -2.31. The summed E-state index contributed by atoms with van der Waals surface area (Å²) >= 11 is 1.81. The number of nitrogens with zero attached hydrogens (tertiary/aromatic N) is 3. The van der Waals surface area contributed by atoms with Crippen LogP contribution in [0.2, 0.25) is 0 Å². The summed E-state index contributed by atoms with van der Waals surface area (Å²) in [5, 5.41) is 11.0. The first-order valence-electron chi connectivity index (χ1n) is 11.1. The molecule has 5 heteroatoms. The molecule has 2 aliphatic heterocycles. The minimum absolute atomic E-state index is 0.398. The number of benzene rings is 3. The predicted octanol–water partition coefficient (Wildman–Crippen LogP) is 4.47. The number of para-hydroxylation sites is 2. The fourth-order valence-electron chi connectivity index (χ4n) is 4.52. The zero-order valence-corrected chi connectivity index (χ0v) is 18.5. The van der Waals surface area contributed by atoms with E-state index in [4.69, 9.17) is 0 Å². The lowest BCUT2D eigenvalue weighted by Gasteiger charge is -2.38. The SMILES string of the molecule is O[C@H](CN1CCN(Cc2ccccc2)CC1)CN1c2ccccc2Sc2ccccc21. The summed E-state index contributed by atoms with van der Waals surface area (Å²) in [4.78, 5) is 9.71. The van der Waals surface area contributed by atoms with Crippen molar-refractivity contribution < 1.29 is 5.11 Å². The van der Waals surface area contributed by atoms with Gasteiger partial charge in [-0.05, 0) is 29.8 Å². The average molecular weight is 432 g/mol. The molecule has 0 aromatic heterocycles. The zero-order chi connectivity index (χ0) is 21.0. The number of aliphatic hydroxyl groups is 1. The maximum absolute atomic E-state index is 11.0. The summed E-state index contributed by atoms with van der Waals surface area (Å²) in [5.41, 5.74) is 3.76. The molecule has 0 unspecified atom stereocenters. The van der Waals surface area contributed by atoms with Gasteiger partial charge in [0.2, 0.25) is 0 Å². The molecular formula is C26H29N3OS. The molecule has 5 rings (SSSR count). The van der Waals surface area contributed by atoms with Crippen LogP contribution in [0.1, 0.15) is 5.56 Å². The summed E-state index contributed by atoms with van der Waals surface area (Å²) in [6.07, 6.45) is -0.398. The van der Waals surface area contributed by atoms with E-state index in [1.54, 1.807) is 0 Å². The van der Waals surface area contributed by atoms with Gasteiger partial charge in [-0.15, -0.1) is 0 Å². The lowest BCUT2D eigenvalue weighted by Crippen LogP contribution is -2.49. The Bertz CT molecular complexity index is 959. The highest BCUT2D eigenvalue weighted by Crippen LogP contribution is 2.47. The number of rotatable bonds is 6. The van der Waals surface area contributed by atoms with Crippen molar-refractivity contribution in [1.29, 1.82) is 0 Å². The monoisotopic (exact) mass is 431 g/mol. The smallest absolute Gasteiger partial charge is 0.0845 e. The minimum atomic E-state index is -0.398. The molecule has 4 nitrogen and oxygen atoms in total. The number of hydrogen-bond acceptors (Lipinski definition) is 5. The highest BCUT2D eigenvalue weighted by molar-refractivity contribution is 7.99. The molecule has 3 aromatic carbocycles. The van der Waals surface area contributed by atoms with Gasteiger partial charge in [0.05, 0.1) is 24.0 Å². The molecule has 1 fully saturated rings. The molecule has 2 heterocycles. The normalized spacial score (nSPS) is 17.8. The van der Waals surface area contributed by atoms with Crippen molar-refractivity contribution >= 4 is 23.1 Å². The van der Waals surface area contributed by atoms with E-state index in [0.717, 1.165) is 32.7 Å². The standard InChI is InChI=1S/C26H29N3OS/c30-22(19-28-16-14-27(15-17-28)18-21-8-2-1-3-9-21)20-29-23-10-4-6-12-25(23)31-26-13-7-5-11-24(26)29/h1-13,22,30H,14-20H2/t22-/m1/s1. The molecule has 160 valence electrons. The largest absolute Gasteiger partial charge is 0.390 e. The quantitative estimate of drug-likeness (QED) is 0.622. The Morgan fingerprint density at radius 2 is 1.23 bits per heavy atom. The molecule has 0 aliphatic carbocycles. The van der Waals surface area contributed by atoms with Crippen LogP contribution < -0.4 is 4.90 Å². The number of piperazine rings is 1. The maximum Gasteiger partial charge on any atom is 0.0845 e.